The van der Waals surface area contributed by atoms with E-state index < -0.39 is 40.6 Å². The topological polar surface area (TPSA) is 124 Å². The van der Waals surface area contributed by atoms with Crippen LogP contribution in [0.5, 0.6) is 0 Å². The molecule has 286 valence electrons. The van der Waals surface area contributed by atoms with E-state index in [0.29, 0.717) is 41.7 Å². The van der Waals surface area contributed by atoms with Crippen LogP contribution in [0, 0.1) is 0 Å². The summed E-state index contributed by atoms with van der Waals surface area (Å²) in [6.07, 6.45) is 0.106. The lowest BCUT2D eigenvalue weighted by molar-refractivity contribution is -0.141. The number of carboxylic acids is 1. The number of aryl methyl sites for hydroxylation is 1. The zero-order valence-corrected chi connectivity index (χ0v) is 31.2. The number of aromatic nitrogens is 5. The standard InChI is InChI=1S/C40H39F3N6O5S/c1-24(48-23-44-35-34(48)36(51)46(3)39(54)45(35)2)11-5-4-8-18-47-22-31(38(52)53)49-32(50)21-28(19-26-14-9-13-25-12-6-7-17-30(25)26)33(37(49)55-47)27-15-10-16-29(20-27)40(41,42)43/h6-7,9-10,12-17,20-21,23-24,31H,4-5,8,11,18-19,22H2,1-3H3,(H,52,53). The third kappa shape index (κ3) is 7.25. The molecule has 0 saturated carbocycles. The van der Waals surface area contributed by atoms with Crippen molar-refractivity contribution in [2.45, 2.75) is 62.3 Å². The minimum atomic E-state index is -4.61. The van der Waals surface area contributed by atoms with Crippen LogP contribution in [0.15, 0.2) is 98.5 Å². The summed E-state index contributed by atoms with van der Waals surface area (Å²) >= 11 is 1.20. The maximum absolute atomic E-state index is 14.0. The van der Waals surface area contributed by atoms with Gasteiger partial charge in [-0.3, -0.25) is 23.3 Å². The van der Waals surface area contributed by atoms with Crippen molar-refractivity contribution in [2.75, 3.05) is 13.1 Å². The van der Waals surface area contributed by atoms with Gasteiger partial charge in [0.25, 0.3) is 11.1 Å². The molecule has 0 fully saturated rings. The molecule has 0 aliphatic carbocycles. The van der Waals surface area contributed by atoms with Crippen LogP contribution in [-0.2, 0) is 31.5 Å². The summed E-state index contributed by atoms with van der Waals surface area (Å²) in [4.78, 5) is 56.1. The highest BCUT2D eigenvalue weighted by molar-refractivity contribution is 7.97. The molecular weight excluding hydrogens is 734 g/mol. The van der Waals surface area contributed by atoms with Crippen LogP contribution in [0.2, 0.25) is 0 Å². The number of alkyl halides is 3. The van der Waals surface area contributed by atoms with Crippen molar-refractivity contribution in [3.05, 3.63) is 127 Å². The van der Waals surface area contributed by atoms with Crippen molar-refractivity contribution < 1.29 is 23.1 Å². The van der Waals surface area contributed by atoms with Crippen LogP contribution in [0.3, 0.4) is 0 Å². The highest BCUT2D eigenvalue weighted by atomic mass is 32.2. The number of nitrogens with zero attached hydrogens (tertiary/aromatic N) is 6. The fourth-order valence-electron chi connectivity index (χ4n) is 7.49. The number of pyridine rings is 1. The second-order valence-electron chi connectivity index (χ2n) is 14.0. The Balaban J connectivity index is 1.17. The molecule has 7 rings (SSSR count). The van der Waals surface area contributed by atoms with E-state index in [0.717, 1.165) is 45.9 Å². The molecule has 0 radical (unpaired) electrons. The number of fused-ring (bicyclic) bond motifs is 3. The van der Waals surface area contributed by atoms with Crippen molar-refractivity contribution >= 4 is 39.9 Å². The van der Waals surface area contributed by atoms with Gasteiger partial charge in [-0.05, 0) is 77.7 Å². The van der Waals surface area contributed by atoms with Crippen molar-refractivity contribution in [3.8, 4) is 11.1 Å². The second-order valence-corrected chi connectivity index (χ2v) is 15.1. The Morgan fingerprint density at radius 3 is 2.45 bits per heavy atom. The van der Waals surface area contributed by atoms with Crippen molar-refractivity contribution in [3.63, 3.8) is 0 Å². The third-order valence-corrected chi connectivity index (χ3v) is 11.6. The maximum atomic E-state index is 14.0. The van der Waals surface area contributed by atoms with Gasteiger partial charge in [-0.1, -0.05) is 67.4 Å². The monoisotopic (exact) mass is 772 g/mol. The molecule has 2 atom stereocenters. The predicted molar refractivity (Wildman–Crippen MR) is 205 cm³/mol. The Morgan fingerprint density at radius 1 is 0.945 bits per heavy atom. The minimum Gasteiger partial charge on any atom is -0.480 e. The van der Waals surface area contributed by atoms with Gasteiger partial charge in [-0.2, -0.15) is 13.2 Å². The molecule has 0 spiro atoms. The van der Waals surface area contributed by atoms with Crippen LogP contribution in [0.1, 0.15) is 61.4 Å². The van der Waals surface area contributed by atoms with Crippen molar-refractivity contribution in [1.82, 2.24) is 27.6 Å². The highest BCUT2D eigenvalue weighted by Crippen LogP contribution is 2.43. The zero-order valence-electron chi connectivity index (χ0n) is 30.4. The van der Waals surface area contributed by atoms with E-state index in [2.05, 4.69) is 4.98 Å². The van der Waals surface area contributed by atoms with E-state index in [1.54, 1.807) is 24.0 Å². The van der Waals surface area contributed by atoms with Crippen LogP contribution in [-0.4, -0.2) is 51.7 Å². The molecule has 11 nitrogen and oxygen atoms in total. The third-order valence-electron chi connectivity index (χ3n) is 10.4. The van der Waals surface area contributed by atoms with E-state index in [-0.39, 0.29) is 29.6 Å². The normalized spacial score (nSPS) is 15.4. The van der Waals surface area contributed by atoms with Gasteiger partial charge in [0.1, 0.15) is 11.1 Å². The van der Waals surface area contributed by atoms with E-state index >= 15 is 0 Å². The molecule has 1 N–H and O–H groups in total. The summed E-state index contributed by atoms with van der Waals surface area (Å²) in [6.45, 7) is 2.46. The first-order chi connectivity index (χ1) is 26.2. The fraction of sp³-hybridized carbons (Fsp3) is 0.325. The number of rotatable bonds is 11. The van der Waals surface area contributed by atoms with Gasteiger partial charge >= 0.3 is 17.8 Å². The van der Waals surface area contributed by atoms with Crippen molar-refractivity contribution in [2.24, 2.45) is 14.1 Å². The first kappa shape index (κ1) is 37.9. The average molecular weight is 773 g/mol. The molecule has 55 heavy (non-hydrogen) atoms. The predicted octanol–water partition coefficient (Wildman–Crippen LogP) is 6.80. The number of imidazole rings is 1. The number of carbonyl (C=O) groups is 1. The zero-order chi connectivity index (χ0) is 39.2. The van der Waals surface area contributed by atoms with Crippen LogP contribution in [0.25, 0.3) is 33.1 Å². The Bertz CT molecular complexity index is 2620. The molecule has 1 aliphatic rings. The smallest absolute Gasteiger partial charge is 0.416 e. The average Bonchev–Trinajstić information content (AvgIpc) is 3.61. The summed E-state index contributed by atoms with van der Waals surface area (Å²) < 4.78 is 49.4. The number of benzene rings is 3. The molecule has 0 bridgehead atoms. The van der Waals surface area contributed by atoms with Gasteiger partial charge in [0.15, 0.2) is 11.2 Å². The largest absolute Gasteiger partial charge is 0.480 e. The SMILES string of the molecule is CC(CCCCCN1CC(C(=O)O)n2c(c(-c3cccc(C(F)(F)F)c3)c(Cc3cccc4ccccc34)cc2=O)S1)n1cnc2c1c(=O)n(C)c(=O)n2C. The van der Waals surface area contributed by atoms with Crippen LogP contribution in [0.4, 0.5) is 13.2 Å². The molecule has 1 aliphatic heterocycles. The lowest BCUT2D eigenvalue weighted by atomic mass is 9.93. The summed E-state index contributed by atoms with van der Waals surface area (Å²) in [5.74, 6) is -1.21. The molecule has 6 aromatic rings. The van der Waals surface area contributed by atoms with Crippen LogP contribution < -0.4 is 16.8 Å². The Labute approximate surface area is 317 Å². The second kappa shape index (κ2) is 15.0. The Morgan fingerprint density at radius 2 is 1.69 bits per heavy atom. The van der Waals surface area contributed by atoms with Gasteiger partial charge in [-0.25, -0.2) is 18.9 Å². The minimum absolute atomic E-state index is 0.0249. The number of hydrogen-bond acceptors (Lipinski definition) is 7. The molecule has 3 aromatic heterocycles. The molecule has 3 aromatic carbocycles. The number of hydrogen-bond donors (Lipinski definition) is 1. The van der Waals surface area contributed by atoms with E-state index in [9.17, 15) is 37.5 Å². The van der Waals surface area contributed by atoms with Crippen molar-refractivity contribution in [1.29, 1.82) is 0 Å². The number of unbranched alkanes of at least 4 members (excludes halogenated alkanes) is 2. The Hall–Kier alpha value is -5.41. The number of aliphatic carboxylic acids is 1. The number of halogens is 3. The summed E-state index contributed by atoms with van der Waals surface area (Å²) in [7, 11) is 3.01. The quantitative estimate of drug-likeness (QED) is 0.113. The summed E-state index contributed by atoms with van der Waals surface area (Å²) in [5.41, 5.74) is 0.441. The lowest BCUT2D eigenvalue weighted by Gasteiger charge is -2.35. The summed E-state index contributed by atoms with van der Waals surface area (Å²) in [6, 6.07) is 18.5. The summed E-state index contributed by atoms with van der Waals surface area (Å²) in [5, 5.41) is 12.6. The van der Waals surface area contributed by atoms with Gasteiger partial charge in [-0.15, -0.1) is 0 Å². The van der Waals surface area contributed by atoms with Gasteiger partial charge in [0.05, 0.1) is 11.9 Å². The van der Waals surface area contributed by atoms with Crippen LogP contribution >= 0.6 is 11.9 Å². The maximum Gasteiger partial charge on any atom is 0.416 e. The van der Waals surface area contributed by atoms with Gasteiger partial charge < -0.3 is 9.67 Å². The molecule has 15 heteroatoms. The fourth-order valence-corrected chi connectivity index (χ4v) is 8.81. The van der Waals surface area contributed by atoms with E-state index in [4.69, 9.17) is 0 Å². The van der Waals surface area contributed by atoms with E-state index in [1.165, 1.54) is 40.3 Å². The van der Waals surface area contributed by atoms with Gasteiger partial charge in [0.2, 0.25) is 0 Å². The Kier molecular flexibility index (Phi) is 10.3. The molecular formula is C40H39F3N6O5S. The lowest BCUT2D eigenvalue weighted by Crippen LogP contribution is -2.42. The number of carboxylic acid groups (broad SMARTS) is 1. The highest BCUT2D eigenvalue weighted by Gasteiger charge is 2.36. The molecule has 4 heterocycles. The molecule has 2 unspecified atom stereocenters. The molecule has 0 amide bonds. The molecule has 0 saturated heterocycles. The van der Waals surface area contributed by atoms with Gasteiger partial charge in [0, 0.05) is 44.9 Å². The first-order valence-electron chi connectivity index (χ1n) is 18.0. The van der Waals surface area contributed by atoms with E-state index in [1.807, 2.05) is 53.7 Å². The first-order valence-corrected chi connectivity index (χ1v) is 18.7.